The van der Waals surface area contributed by atoms with Crippen molar-refractivity contribution in [2.45, 2.75) is 40.2 Å². The van der Waals surface area contributed by atoms with Gasteiger partial charge in [-0.05, 0) is 75.6 Å². The highest BCUT2D eigenvalue weighted by atomic mass is 16.2. The number of anilines is 1. The number of para-hydroxylation sites is 1. The molecule has 0 fully saturated rings. The van der Waals surface area contributed by atoms with E-state index in [0.29, 0.717) is 35.4 Å². The molecule has 1 aromatic heterocycles. The second kappa shape index (κ2) is 11.6. The van der Waals surface area contributed by atoms with Gasteiger partial charge in [0.2, 0.25) is 0 Å². The second-order valence-electron chi connectivity index (χ2n) is 10.3. The van der Waals surface area contributed by atoms with Crippen molar-refractivity contribution in [1.29, 1.82) is 0 Å². The van der Waals surface area contributed by atoms with Crippen LogP contribution in [0.15, 0.2) is 102 Å². The van der Waals surface area contributed by atoms with E-state index in [0.717, 1.165) is 27.9 Å². The van der Waals surface area contributed by atoms with Crippen molar-refractivity contribution in [3.8, 4) is 5.69 Å². The Kier molecular flexibility index (Phi) is 7.78. The number of rotatable bonds is 7. The van der Waals surface area contributed by atoms with E-state index in [-0.39, 0.29) is 11.6 Å². The van der Waals surface area contributed by atoms with Gasteiger partial charge in [0.1, 0.15) is 5.82 Å². The molecule has 0 radical (unpaired) electrons. The van der Waals surface area contributed by atoms with Crippen LogP contribution in [0.1, 0.15) is 41.0 Å². The molecule has 0 aliphatic rings. The molecule has 1 unspecified atom stereocenters. The highest BCUT2D eigenvalue weighted by Crippen LogP contribution is 2.26. The number of amides is 2. The summed E-state index contributed by atoms with van der Waals surface area (Å²) in [4.78, 5) is 34.6. The van der Waals surface area contributed by atoms with Crippen molar-refractivity contribution < 1.29 is 4.79 Å². The third-order valence-electron chi connectivity index (χ3n) is 7.28. The molecule has 2 amide bonds. The fourth-order valence-electron chi connectivity index (χ4n) is 5.06. The molecule has 202 valence electrons. The Morgan fingerprint density at radius 2 is 1.55 bits per heavy atom. The zero-order valence-corrected chi connectivity index (χ0v) is 23.4. The zero-order chi connectivity index (χ0) is 28.2. The normalized spacial score (nSPS) is 11.8. The zero-order valence-electron chi connectivity index (χ0n) is 23.4. The number of hydrogen-bond acceptors (Lipinski definition) is 3. The van der Waals surface area contributed by atoms with Gasteiger partial charge in [0, 0.05) is 12.2 Å². The van der Waals surface area contributed by atoms with Crippen LogP contribution in [0, 0.1) is 20.8 Å². The molecule has 0 bridgehead atoms. The number of fused-ring (bicyclic) bond motifs is 1. The predicted octanol–water partition coefficient (Wildman–Crippen LogP) is 7.15. The fraction of sp³-hybridized carbons (Fsp3) is 0.206. The van der Waals surface area contributed by atoms with Gasteiger partial charge in [-0.15, -0.1) is 0 Å². The maximum atomic E-state index is 14.0. The van der Waals surface area contributed by atoms with Gasteiger partial charge in [0.25, 0.3) is 5.56 Å². The minimum atomic E-state index is -0.507. The van der Waals surface area contributed by atoms with Crippen LogP contribution in [0.25, 0.3) is 16.6 Å². The monoisotopic (exact) mass is 530 g/mol. The van der Waals surface area contributed by atoms with E-state index in [1.165, 1.54) is 0 Å². The maximum Gasteiger partial charge on any atom is 0.322 e. The number of aryl methyl sites for hydroxylation is 3. The molecule has 1 heterocycles. The Hall–Kier alpha value is -4.71. The Balaban J connectivity index is 1.62. The fourth-order valence-corrected chi connectivity index (χ4v) is 5.06. The van der Waals surface area contributed by atoms with Gasteiger partial charge in [0.05, 0.1) is 22.6 Å². The number of hydrogen-bond donors (Lipinski definition) is 1. The van der Waals surface area contributed by atoms with Gasteiger partial charge in [-0.3, -0.25) is 9.36 Å². The molecule has 40 heavy (non-hydrogen) atoms. The molecule has 5 rings (SSSR count). The highest BCUT2D eigenvalue weighted by molar-refractivity contribution is 5.89. The summed E-state index contributed by atoms with van der Waals surface area (Å²) >= 11 is 0. The Labute approximate surface area is 234 Å². The summed E-state index contributed by atoms with van der Waals surface area (Å²) in [5, 5.41) is 3.60. The Morgan fingerprint density at radius 3 is 2.27 bits per heavy atom. The summed E-state index contributed by atoms with van der Waals surface area (Å²) in [7, 11) is 0. The number of nitrogens with zero attached hydrogens (tertiary/aromatic N) is 3. The van der Waals surface area contributed by atoms with Crippen LogP contribution in [0.3, 0.4) is 0 Å². The molecule has 0 spiro atoms. The van der Waals surface area contributed by atoms with E-state index >= 15 is 0 Å². The summed E-state index contributed by atoms with van der Waals surface area (Å²) in [6, 6.07) is 30.5. The summed E-state index contributed by atoms with van der Waals surface area (Å²) < 4.78 is 1.68. The minimum absolute atomic E-state index is 0.152. The summed E-state index contributed by atoms with van der Waals surface area (Å²) in [6.45, 7) is 8.42. The average molecular weight is 531 g/mol. The van der Waals surface area contributed by atoms with Crippen molar-refractivity contribution in [3.05, 3.63) is 135 Å². The number of benzene rings is 4. The molecule has 0 aliphatic heterocycles. The number of carbonyl (C=O) groups is 1. The summed E-state index contributed by atoms with van der Waals surface area (Å²) in [5.41, 5.74) is 6.25. The molecule has 5 aromatic rings. The van der Waals surface area contributed by atoms with Crippen LogP contribution < -0.4 is 10.9 Å². The van der Waals surface area contributed by atoms with E-state index < -0.39 is 6.04 Å². The molecule has 6 nitrogen and oxygen atoms in total. The standard InChI is InChI=1S/C34H34N4O2/c1-23-14-17-28(18-15-23)35-34(40)37(21-20-27-10-6-5-7-11-27)26(4)32-36-30-13-9-8-12-29(30)33(39)38(32)31-19-16-24(2)22-25(31)3/h5-19,22,26H,20-21H2,1-4H3,(H,35,40). The first kappa shape index (κ1) is 26.9. The first-order valence-electron chi connectivity index (χ1n) is 13.6. The van der Waals surface area contributed by atoms with Crippen LogP contribution in [0.4, 0.5) is 10.5 Å². The van der Waals surface area contributed by atoms with Gasteiger partial charge in [-0.1, -0.05) is 77.9 Å². The topological polar surface area (TPSA) is 67.2 Å². The number of nitrogens with one attached hydrogen (secondary N) is 1. The molecule has 1 N–H and O–H groups in total. The smallest absolute Gasteiger partial charge is 0.314 e. The summed E-state index contributed by atoms with van der Waals surface area (Å²) in [5.74, 6) is 0.516. The van der Waals surface area contributed by atoms with Gasteiger partial charge in [-0.25, -0.2) is 9.78 Å². The van der Waals surface area contributed by atoms with E-state index in [9.17, 15) is 9.59 Å². The first-order chi connectivity index (χ1) is 19.3. The Morgan fingerprint density at radius 1 is 0.875 bits per heavy atom. The van der Waals surface area contributed by atoms with Crippen LogP contribution >= 0.6 is 0 Å². The van der Waals surface area contributed by atoms with Crippen LogP contribution in [0.5, 0.6) is 0 Å². The van der Waals surface area contributed by atoms with Crippen molar-refractivity contribution in [1.82, 2.24) is 14.5 Å². The average Bonchev–Trinajstić information content (AvgIpc) is 2.95. The largest absolute Gasteiger partial charge is 0.322 e. The third-order valence-corrected chi connectivity index (χ3v) is 7.28. The lowest BCUT2D eigenvalue weighted by atomic mass is 10.1. The lowest BCUT2D eigenvalue weighted by Crippen LogP contribution is -2.41. The number of urea groups is 1. The number of carbonyl (C=O) groups excluding carboxylic acids is 1. The van der Waals surface area contributed by atoms with Crippen LogP contribution in [0.2, 0.25) is 0 Å². The summed E-state index contributed by atoms with van der Waals surface area (Å²) in [6.07, 6.45) is 0.661. The second-order valence-corrected chi connectivity index (χ2v) is 10.3. The van der Waals surface area contributed by atoms with Gasteiger partial charge in [0.15, 0.2) is 0 Å². The van der Waals surface area contributed by atoms with Gasteiger partial charge >= 0.3 is 6.03 Å². The molecule has 0 aliphatic carbocycles. The molecule has 4 aromatic carbocycles. The predicted molar refractivity (Wildman–Crippen MR) is 162 cm³/mol. The quantitative estimate of drug-likeness (QED) is 0.243. The molecule has 0 saturated carbocycles. The Bertz CT molecular complexity index is 1710. The first-order valence-corrected chi connectivity index (χ1v) is 13.6. The van der Waals surface area contributed by atoms with Crippen molar-refractivity contribution in [2.75, 3.05) is 11.9 Å². The molecule has 0 saturated heterocycles. The lowest BCUT2D eigenvalue weighted by molar-refractivity contribution is 0.190. The van der Waals surface area contributed by atoms with Gasteiger partial charge < -0.3 is 10.2 Å². The highest BCUT2D eigenvalue weighted by Gasteiger charge is 2.27. The van der Waals surface area contributed by atoms with Crippen LogP contribution in [-0.2, 0) is 6.42 Å². The molecule has 6 heteroatoms. The number of aromatic nitrogens is 2. The van der Waals surface area contributed by atoms with Crippen LogP contribution in [-0.4, -0.2) is 27.0 Å². The molecular weight excluding hydrogens is 496 g/mol. The minimum Gasteiger partial charge on any atom is -0.314 e. The van der Waals surface area contributed by atoms with Crippen molar-refractivity contribution in [2.24, 2.45) is 0 Å². The van der Waals surface area contributed by atoms with E-state index in [4.69, 9.17) is 4.98 Å². The maximum absolute atomic E-state index is 14.0. The van der Waals surface area contributed by atoms with Gasteiger partial charge in [-0.2, -0.15) is 0 Å². The lowest BCUT2D eigenvalue weighted by Gasteiger charge is -2.31. The van der Waals surface area contributed by atoms with Crippen molar-refractivity contribution >= 4 is 22.6 Å². The molecular formula is C34H34N4O2. The van der Waals surface area contributed by atoms with Crippen molar-refractivity contribution in [3.63, 3.8) is 0 Å². The van der Waals surface area contributed by atoms with E-state index in [1.54, 1.807) is 15.5 Å². The SMILES string of the molecule is Cc1ccc(NC(=O)N(CCc2ccccc2)C(C)c2nc3ccccc3c(=O)n2-c2ccc(C)cc2C)cc1. The third kappa shape index (κ3) is 5.66. The van der Waals surface area contributed by atoms with E-state index in [2.05, 4.69) is 23.5 Å². The molecule has 1 atom stereocenters. The van der Waals surface area contributed by atoms with E-state index in [1.807, 2.05) is 100 Å².